The lowest BCUT2D eigenvalue weighted by atomic mass is 9.41. The Bertz CT molecular complexity index is 817. The first kappa shape index (κ1) is 38.7. The van der Waals surface area contributed by atoms with Crippen LogP contribution in [0.15, 0.2) is 0 Å². The van der Waals surface area contributed by atoms with Gasteiger partial charge in [-0.2, -0.15) is 0 Å². The molecule has 0 atom stereocenters. The number of halogens is 1. The lowest BCUT2D eigenvalue weighted by Gasteiger charge is -2.62. The molecule has 278 valence electrons. The summed E-state index contributed by atoms with van der Waals surface area (Å²) in [6, 6.07) is 0. The van der Waals surface area contributed by atoms with Gasteiger partial charge in [0, 0.05) is 13.2 Å². The fourth-order valence-electron chi connectivity index (χ4n) is 11.5. The molecule has 0 aromatic carbocycles. The molecule has 0 aromatic heterocycles. The predicted octanol–water partition coefficient (Wildman–Crippen LogP) is 12.9. The summed E-state index contributed by atoms with van der Waals surface area (Å²) in [4.78, 5) is 13.9. The standard InChI is InChI=1S/C44H77FO3/c1-3-5-7-9-11-13-15-33-47-39-21-17-35(18-22-39)37-25-29-43(30-26-37)41(45)44(42(43)46)31-27-38(28-32-44)36-19-23-40(24-20-36)48-34-16-14-12-10-8-6-4-2/h35-41H,3-34H2,1-2H3. The second-order valence-electron chi connectivity index (χ2n) is 17.7. The average molecular weight is 673 g/mol. The molecule has 0 bridgehead atoms. The molecule has 48 heavy (non-hydrogen) atoms. The third kappa shape index (κ3) is 9.89. The molecule has 0 heterocycles. The van der Waals surface area contributed by atoms with Crippen molar-refractivity contribution < 1.29 is 18.7 Å². The molecule has 2 spiro atoms. The second-order valence-corrected chi connectivity index (χ2v) is 17.7. The summed E-state index contributed by atoms with van der Waals surface area (Å²) in [6.07, 6.45) is 36.2. The maximum absolute atomic E-state index is 16.3. The van der Waals surface area contributed by atoms with Gasteiger partial charge in [-0.1, -0.05) is 90.9 Å². The first-order valence-corrected chi connectivity index (χ1v) is 21.9. The number of unbranched alkanes of at least 4 members (excludes halogenated alkanes) is 12. The Morgan fingerprint density at radius 1 is 0.479 bits per heavy atom. The van der Waals surface area contributed by atoms with Gasteiger partial charge >= 0.3 is 0 Å². The highest BCUT2D eigenvalue weighted by Gasteiger charge is 2.71. The van der Waals surface area contributed by atoms with E-state index in [1.807, 2.05) is 0 Å². The summed E-state index contributed by atoms with van der Waals surface area (Å²) in [7, 11) is 0. The van der Waals surface area contributed by atoms with Gasteiger partial charge < -0.3 is 9.47 Å². The summed E-state index contributed by atoms with van der Waals surface area (Å²) in [6.45, 7) is 6.43. The fraction of sp³-hybridized carbons (Fsp3) is 0.977. The van der Waals surface area contributed by atoms with Gasteiger partial charge in [0.1, 0.15) is 6.17 Å². The summed E-state index contributed by atoms with van der Waals surface area (Å²) in [5, 5.41) is 0. The molecular weight excluding hydrogens is 595 g/mol. The van der Waals surface area contributed by atoms with Gasteiger partial charge in [0.2, 0.25) is 0 Å². The molecule has 0 aromatic rings. The SMILES string of the molecule is CCCCCCCCCOC1CCC(C2CCC3(CC2)C(=O)C2(CCC(C4CCC(OCCCCCCCCC)CC4)CC2)C3F)CC1. The molecule has 0 aliphatic heterocycles. The second kappa shape index (κ2) is 19.9. The van der Waals surface area contributed by atoms with Gasteiger partial charge in [-0.05, 0) is 139 Å². The topological polar surface area (TPSA) is 35.5 Å². The van der Waals surface area contributed by atoms with Crippen molar-refractivity contribution in [2.75, 3.05) is 13.2 Å². The monoisotopic (exact) mass is 673 g/mol. The Morgan fingerprint density at radius 3 is 1.12 bits per heavy atom. The molecule has 5 aliphatic rings. The molecule has 5 saturated carbocycles. The number of ether oxygens (including phenoxy) is 2. The van der Waals surface area contributed by atoms with Crippen LogP contribution in [-0.4, -0.2) is 37.4 Å². The first-order chi connectivity index (χ1) is 23.5. The zero-order chi connectivity index (χ0) is 33.7. The molecule has 0 N–H and O–H groups in total. The molecular formula is C44H77FO3. The summed E-state index contributed by atoms with van der Waals surface area (Å²) >= 11 is 0. The van der Waals surface area contributed by atoms with Gasteiger partial charge in [-0.25, -0.2) is 4.39 Å². The molecule has 4 heteroatoms. The van der Waals surface area contributed by atoms with Crippen LogP contribution in [0.2, 0.25) is 0 Å². The molecule has 5 fully saturated rings. The fourth-order valence-corrected chi connectivity index (χ4v) is 11.5. The number of rotatable bonds is 20. The Hall–Kier alpha value is -0.480. The third-order valence-corrected chi connectivity index (χ3v) is 14.7. The molecule has 3 nitrogen and oxygen atoms in total. The largest absolute Gasteiger partial charge is 0.378 e. The number of carbonyl (C=O) groups is 1. The highest BCUT2D eigenvalue weighted by molar-refractivity contribution is 5.98. The van der Waals surface area contributed by atoms with E-state index in [1.54, 1.807) is 0 Å². The first-order valence-electron chi connectivity index (χ1n) is 21.9. The van der Waals surface area contributed by atoms with E-state index < -0.39 is 17.0 Å². The molecule has 5 aliphatic carbocycles. The van der Waals surface area contributed by atoms with Crippen molar-refractivity contribution in [1.29, 1.82) is 0 Å². The minimum absolute atomic E-state index is 0.351. The zero-order valence-corrected chi connectivity index (χ0v) is 31.8. The maximum atomic E-state index is 16.3. The van der Waals surface area contributed by atoms with Crippen molar-refractivity contribution in [1.82, 2.24) is 0 Å². The van der Waals surface area contributed by atoms with Crippen molar-refractivity contribution in [2.24, 2.45) is 34.5 Å². The normalized spacial score (nSPS) is 37.2. The Labute approximate surface area is 296 Å². The Morgan fingerprint density at radius 2 is 0.792 bits per heavy atom. The van der Waals surface area contributed by atoms with Crippen LogP contribution in [0.25, 0.3) is 0 Å². The highest BCUT2D eigenvalue weighted by atomic mass is 19.1. The predicted molar refractivity (Wildman–Crippen MR) is 198 cm³/mol. The molecule has 0 unspecified atom stereocenters. The van der Waals surface area contributed by atoms with Gasteiger partial charge in [-0.15, -0.1) is 0 Å². The van der Waals surface area contributed by atoms with Crippen LogP contribution >= 0.6 is 0 Å². The Balaban J connectivity index is 0.929. The number of carbonyl (C=O) groups excluding carboxylic acids is 1. The van der Waals surface area contributed by atoms with Crippen LogP contribution < -0.4 is 0 Å². The Kier molecular flexibility index (Phi) is 16.1. The maximum Gasteiger partial charge on any atom is 0.151 e. The van der Waals surface area contributed by atoms with E-state index in [9.17, 15) is 4.79 Å². The van der Waals surface area contributed by atoms with E-state index in [0.717, 1.165) is 76.4 Å². The molecule has 0 saturated heterocycles. The lowest BCUT2D eigenvalue weighted by molar-refractivity contribution is -0.195. The van der Waals surface area contributed by atoms with E-state index in [1.165, 1.54) is 141 Å². The van der Waals surface area contributed by atoms with Crippen LogP contribution in [0, 0.1) is 34.5 Å². The average Bonchev–Trinajstić information content (AvgIpc) is 3.14. The van der Waals surface area contributed by atoms with Crippen LogP contribution in [0.1, 0.15) is 206 Å². The van der Waals surface area contributed by atoms with Gasteiger partial charge in [-0.3, -0.25) is 4.79 Å². The number of alkyl halides is 1. The van der Waals surface area contributed by atoms with Crippen LogP contribution in [0.4, 0.5) is 4.39 Å². The molecule has 0 radical (unpaired) electrons. The summed E-state index contributed by atoms with van der Waals surface area (Å²) in [5.74, 6) is 3.27. The number of hydrogen-bond donors (Lipinski definition) is 0. The zero-order valence-electron chi connectivity index (χ0n) is 31.8. The third-order valence-electron chi connectivity index (χ3n) is 14.7. The molecule has 0 amide bonds. The van der Waals surface area contributed by atoms with Gasteiger partial charge in [0.25, 0.3) is 0 Å². The number of hydrogen-bond acceptors (Lipinski definition) is 3. The smallest absolute Gasteiger partial charge is 0.151 e. The lowest BCUT2D eigenvalue weighted by Crippen LogP contribution is -2.69. The van der Waals surface area contributed by atoms with Gasteiger partial charge in [0.15, 0.2) is 5.78 Å². The van der Waals surface area contributed by atoms with Crippen LogP contribution in [-0.2, 0) is 14.3 Å². The van der Waals surface area contributed by atoms with Crippen LogP contribution in [0.3, 0.4) is 0 Å². The van der Waals surface area contributed by atoms with E-state index >= 15 is 4.39 Å². The highest BCUT2D eigenvalue weighted by Crippen LogP contribution is 2.66. The quantitative estimate of drug-likeness (QED) is 0.121. The van der Waals surface area contributed by atoms with Crippen molar-refractivity contribution in [3.63, 3.8) is 0 Å². The van der Waals surface area contributed by atoms with E-state index in [4.69, 9.17) is 9.47 Å². The minimum Gasteiger partial charge on any atom is -0.378 e. The van der Waals surface area contributed by atoms with Crippen molar-refractivity contribution in [3.05, 3.63) is 0 Å². The number of Topliss-reactive ketones (excluding diaryl/α,β-unsaturated/α-hetero) is 1. The minimum atomic E-state index is -0.883. The van der Waals surface area contributed by atoms with Crippen molar-refractivity contribution in [2.45, 2.75) is 225 Å². The van der Waals surface area contributed by atoms with Crippen molar-refractivity contribution >= 4 is 5.78 Å². The molecule has 5 rings (SSSR count). The van der Waals surface area contributed by atoms with Gasteiger partial charge in [0.05, 0.1) is 23.0 Å². The van der Waals surface area contributed by atoms with Crippen LogP contribution in [0.5, 0.6) is 0 Å². The van der Waals surface area contributed by atoms with E-state index in [-0.39, 0.29) is 0 Å². The van der Waals surface area contributed by atoms with Crippen molar-refractivity contribution in [3.8, 4) is 0 Å². The summed E-state index contributed by atoms with van der Waals surface area (Å²) < 4.78 is 28.9. The summed E-state index contributed by atoms with van der Waals surface area (Å²) in [5.41, 5.74) is -1.24. The van der Waals surface area contributed by atoms with E-state index in [0.29, 0.717) is 29.8 Å². The number of ketones is 1. The van der Waals surface area contributed by atoms with E-state index in [2.05, 4.69) is 13.8 Å².